The van der Waals surface area contributed by atoms with Crippen LogP contribution in [0.15, 0.2) is 36.7 Å². The number of aromatic nitrogens is 1. The number of rotatable bonds is 8. The van der Waals surface area contributed by atoms with E-state index in [1.807, 2.05) is 24.2 Å². The summed E-state index contributed by atoms with van der Waals surface area (Å²) >= 11 is 2.04. The molecule has 2 nitrogen and oxygen atoms in total. The van der Waals surface area contributed by atoms with Gasteiger partial charge in [-0.25, -0.2) is 0 Å². The van der Waals surface area contributed by atoms with Crippen LogP contribution in [0.25, 0.3) is 10.8 Å². The molecule has 1 heterocycles. The van der Waals surface area contributed by atoms with Crippen molar-refractivity contribution in [3.05, 3.63) is 42.2 Å². The Kier molecular flexibility index (Phi) is 6.34. The molecule has 0 radical (unpaired) electrons. The molecular weight excluding hydrogens is 264 g/mol. The fraction of sp³-hybridized carbons (Fsp3) is 0.471. The van der Waals surface area contributed by atoms with Crippen LogP contribution in [0.2, 0.25) is 0 Å². The van der Waals surface area contributed by atoms with Crippen molar-refractivity contribution < 1.29 is 0 Å². The summed E-state index contributed by atoms with van der Waals surface area (Å²) < 4.78 is 0. The van der Waals surface area contributed by atoms with Crippen molar-refractivity contribution in [2.45, 2.75) is 32.7 Å². The molecule has 3 heteroatoms. The zero-order valence-electron chi connectivity index (χ0n) is 12.4. The second kappa shape index (κ2) is 8.28. The molecule has 0 aliphatic rings. The van der Waals surface area contributed by atoms with E-state index in [-0.39, 0.29) is 0 Å². The molecule has 1 N–H and O–H groups in total. The second-order valence-electron chi connectivity index (χ2n) is 5.03. The number of thioether (sulfide) groups is 1. The Labute approximate surface area is 126 Å². The van der Waals surface area contributed by atoms with E-state index in [9.17, 15) is 0 Å². The Morgan fingerprint density at radius 3 is 2.90 bits per heavy atom. The van der Waals surface area contributed by atoms with Crippen molar-refractivity contribution in [1.29, 1.82) is 0 Å². The van der Waals surface area contributed by atoms with Gasteiger partial charge >= 0.3 is 0 Å². The molecule has 1 atom stereocenters. The summed E-state index contributed by atoms with van der Waals surface area (Å²) in [5.74, 6) is 2.37. The number of hydrogen-bond donors (Lipinski definition) is 1. The van der Waals surface area contributed by atoms with Crippen LogP contribution in [0.5, 0.6) is 0 Å². The maximum atomic E-state index is 4.23. The largest absolute Gasteiger partial charge is 0.309 e. The highest BCUT2D eigenvalue weighted by Crippen LogP contribution is 2.26. The summed E-state index contributed by atoms with van der Waals surface area (Å²) in [6.07, 6.45) is 6.25. The van der Waals surface area contributed by atoms with Crippen LogP contribution in [0.3, 0.4) is 0 Å². The summed E-state index contributed by atoms with van der Waals surface area (Å²) in [6, 6.07) is 9.10. The highest BCUT2D eigenvalue weighted by atomic mass is 32.2. The zero-order chi connectivity index (χ0) is 14.2. The first kappa shape index (κ1) is 15.3. The number of benzene rings is 1. The molecule has 0 amide bonds. The Balaban J connectivity index is 2.24. The number of fused-ring (bicyclic) bond motifs is 1. The van der Waals surface area contributed by atoms with Crippen LogP contribution in [0.4, 0.5) is 0 Å². The van der Waals surface area contributed by atoms with E-state index in [0.29, 0.717) is 6.04 Å². The zero-order valence-corrected chi connectivity index (χ0v) is 13.2. The first-order chi connectivity index (χ1) is 9.86. The lowest BCUT2D eigenvalue weighted by atomic mass is 10.0. The van der Waals surface area contributed by atoms with Crippen LogP contribution >= 0.6 is 11.8 Å². The van der Waals surface area contributed by atoms with Crippen LogP contribution in [0.1, 0.15) is 38.3 Å². The molecule has 0 aliphatic carbocycles. The summed E-state index contributed by atoms with van der Waals surface area (Å²) in [5.41, 5.74) is 1.40. The minimum Gasteiger partial charge on any atom is -0.309 e. The first-order valence-electron chi connectivity index (χ1n) is 7.50. The van der Waals surface area contributed by atoms with E-state index < -0.39 is 0 Å². The monoisotopic (exact) mass is 288 g/mol. The lowest BCUT2D eigenvalue weighted by Crippen LogP contribution is -2.24. The van der Waals surface area contributed by atoms with Gasteiger partial charge in [-0.3, -0.25) is 4.98 Å². The van der Waals surface area contributed by atoms with Gasteiger partial charge in [-0.2, -0.15) is 11.8 Å². The quantitative estimate of drug-likeness (QED) is 0.728. The predicted molar refractivity (Wildman–Crippen MR) is 90.4 cm³/mol. The third kappa shape index (κ3) is 3.97. The highest BCUT2D eigenvalue weighted by molar-refractivity contribution is 7.99. The van der Waals surface area contributed by atoms with E-state index in [1.54, 1.807) is 0 Å². The van der Waals surface area contributed by atoms with Crippen molar-refractivity contribution in [3.63, 3.8) is 0 Å². The molecule has 20 heavy (non-hydrogen) atoms. The SMILES string of the molecule is CCCNC(CSCCC)c1cccc2cnccc12. The molecule has 2 aromatic rings. The molecule has 0 saturated carbocycles. The normalized spacial score (nSPS) is 12.7. The third-order valence-corrected chi connectivity index (χ3v) is 4.63. The van der Waals surface area contributed by atoms with Gasteiger partial charge in [0.1, 0.15) is 0 Å². The molecule has 0 fully saturated rings. The van der Waals surface area contributed by atoms with Gasteiger partial charge < -0.3 is 5.32 Å². The predicted octanol–water partition coefficient (Wildman–Crippen LogP) is 4.42. The molecule has 108 valence electrons. The average Bonchev–Trinajstić information content (AvgIpc) is 2.50. The lowest BCUT2D eigenvalue weighted by Gasteiger charge is -2.20. The van der Waals surface area contributed by atoms with Crippen molar-refractivity contribution in [2.24, 2.45) is 0 Å². The fourth-order valence-corrected chi connectivity index (χ4v) is 3.36. The van der Waals surface area contributed by atoms with Crippen molar-refractivity contribution in [3.8, 4) is 0 Å². The number of nitrogens with zero attached hydrogens (tertiary/aromatic N) is 1. The van der Waals surface area contributed by atoms with Crippen molar-refractivity contribution >= 4 is 22.5 Å². The second-order valence-corrected chi connectivity index (χ2v) is 6.18. The average molecular weight is 288 g/mol. The van der Waals surface area contributed by atoms with Gasteiger partial charge in [0.25, 0.3) is 0 Å². The molecule has 0 bridgehead atoms. The summed E-state index contributed by atoms with van der Waals surface area (Å²) in [6.45, 7) is 5.53. The highest BCUT2D eigenvalue weighted by Gasteiger charge is 2.13. The van der Waals surface area contributed by atoms with Gasteiger partial charge in [-0.1, -0.05) is 32.0 Å². The molecular formula is C17H24N2S. The van der Waals surface area contributed by atoms with E-state index in [2.05, 4.69) is 48.4 Å². The van der Waals surface area contributed by atoms with Crippen LogP contribution < -0.4 is 5.32 Å². The van der Waals surface area contributed by atoms with Gasteiger partial charge in [0.2, 0.25) is 0 Å². The van der Waals surface area contributed by atoms with E-state index in [1.165, 1.54) is 34.9 Å². The molecule has 1 aromatic carbocycles. The fourth-order valence-electron chi connectivity index (χ4n) is 2.37. The Hall–Kier alpha value is -1.06. The van der Waals surface area contributed by atoms with E-state index >= 15 is 0 Å². The van der Waals surface area contributed by atoms with Gasteiger partial charge in [-0.15, -0.1) is 0 Å². The lowest BCUT2D eigenvalue weighted by molar-refractivity contribution is 0.580. The van der Waals surface area contributed by atoms with Crippen molar-refractivity contribution in [2.75, 3.05) is 18.1 Å². The van der Waals surface area contributed by atoms with Gasteiger partial charge in [0.15, 0.2) is 0 Å². The Morgan fingerprint density at radius 2 is 2.10 bits per heavy atom. The number of nitrogens with one attached hydrogen (secondary N) is 1. The molecule has 0 saturated heterocycles. The Bertz CT molecular complexity index is 522. The molecule has 0 spiro atoms. The minimum absolute atomic E-state index is 0.428. The standard InChI is InChI=1S/C17H24N2S/c1-3-9-19-17(13-20-11-4-2)16-7-5-6-14-12-18-10-8-15(14)16/h5-8,10,12,17,19H,3-4,9,11,13H2,1-2H3. The molecule has 1 aromatic heterocycles. The molecule has 2 rings (SSSR count). The third-order valence-electron chi connectivity index (χ3n) is 3.36. The maximum Gasteiger partial charge on any atom is 0.0418 e. The van der Waals surface area contributed by atoms with E-state index in [0.717, 1.165) is 12.3 Å². The molecule has 0 aliphatic heterocycles. The number of pyridine rings is 1. The van der Waals surface area contributed by atoms with Crippen molar-refractivity contribution in [1.82, 2.24) is 10.3 Å². The van der Waals surface area contributed by atoms with Gasteiger partial charge in [0.05, 0.1) is 0 Å². The van der Waals surface area contributed by atoms with Gasteiger partial charge in [0, 0.05) is 29.6 Å². The van der Waals surface area contributed by atoms with Crippen LogP contribution in [-0.4, -0.2) is 23.0 Å². The van der Waals surface area contributed by atoms with E-state index in [4.69, 9.17) is 0 Å². The number of hydrogen-bond acceptors (Lipinski definition) is 3. The van der Waals surface area contributed by atoms with Crippen LogP contribution in [-0.2, 0) is 0 Å². The van der Waals surface area contributed by atoms with Crippen LogP contribution in [0, 0.1) is 0 Å². The summed E-state index contributed by atoms with van der Waals surface area (Å²) in [7, 11) is 0. The summed E-state index contributed by atoms with van der Waals surface area (Å²) in [5, 5.41) is 6.25. The smallest absolute Gasteiger partial charge is 0.0418 e. The minimum atomic E-state index is 0.428. The summed E-state index contributed by atoms with van der Waals surface area (Å²) in [4.78, 5) is 4.23. The first-order valence-corrected chi connectivity index (χ1v) is 8.66. The Morgan fingerprint density at radius 1 is 1.20 bits per heavy atom. The van der Waals surface area contributed by atoms with Gasteiger partial charge in [-0.05, 0) is 42.2 Å². The molecule has 1 unspecified atom stereocenters. The topological polar surface area (TPSA) is 24.9 Å². The maximum absolute atomic E-state index is 4.23.